The first-order chi connectivity index (χ1) is 9.10. The van der Waals surface area contributed by atoms with Gasteiger partial charge >= 0.3 is 0 Å². The standard InChI is InChI=1S/C14H17N3O2/c1-2-17(9-13-4-3-5-19-13)14(18)10-6-11(15)8-12(16)7-10/h3-8H,2,9,15-16H2,1H3. The number of nitrogens with two attached hydrogens (primary N) is 2. The Balaban J connectivity index is 2.20. The Morgan fingerprint density at radius 2 is 1.95 bits per heavy atom. The summed E-state index contributed by atoms with van der Waals surface area (Å²) < 4.78 is 5.26. The van der Waals surface area contributed by atoms with Gasteiger partial charge in [0.1, 0.15) is 5.76 Å². The zero-order valence-electron chi connectivity index (χ0n) is 10.8. The molecule has 1 aromatic heterocycles. The molecule has 0 bridgehead atoms. The number of carbonyl (C=O) groups excluding carboxylic acids is 1. The van der Waals surface area contributed by atoms with Gasteiger partial charge in [-0.25, -0.2) is 0 Å². The third-order valence-electron chi connectivity index (χ3n) is 2.82. The number of rotatable bonds is 4. The average molecular weight is 259 g/mol. The smallest absolute Gasteiger partial charge is 0.254 e. The van der Waals surface area contributed by atoms with Crippen LogP contribution in [0.5, 0.6) is 0 Å². The Hall–Kier alpha value is -2.43. The highest BCUT2D eigenvalue weighted by atomic mass is 16.3. The fraction of sp³-hybridized carbons (Fsp3) is 0.214. The van der Waals surface area contributed by atoms with Crippen molar-refractivity contribution in [3.8, 4) is 0 Å². The number of nitrogens with zero attached hydrogens (tertiary/aromatic N) is 1. The predicted molar refractivity (Wildman–Crippen MR) is 74.4 cm³/mol. The first-order valence-corrected chi connectivity index (χ1v) is 6.08. The van der Waals surface area contributed by atoms with Gasteiger partial charge in [-0.05, 0) is 37.3 Å². The number of amides is 1. The number of anilines is 2. The number of furan rings is 1. The number of hydrogen-bond acceptors (Lipinski definition) is 4. The summed E-state index contributed by atoms with van der Waals surface area (Å²) in [6.07, 6.45) is 1.59. The van der Waals surface area contributed by atoms with Gasteiger partial charge in [0.15, 0.2) is 0 Å². The molecule has 5 nitrogen and oxygen atoms in total. The van der Waals surface area contributed by atoms with Crippen molar-refractivity contribution < 1.29 is 9.21 Å². The van der Waals surface area contributed by atoms with E-state index in [1.54, 1.807) is 35.4 Å². The lowest BCUT2D eigenvalue weighted by Crippen LogP contribution is -2.30. The Labute approximate surface area is 111 Å². The molecule has 100 valence electrons. The summed E-state index contributed by atoms with van der Waals surface area (Å²) in [4.78, 5) is 14.1. The number of benzene rings is 1. The molecule has 1 heterocycles. The monoisotopic (exact) mass is 259 g/mol. The molecule has 0 atom stereocenters. The maximum absolute atomic E-state index is 12.4. The van der Waals surface area contributed by atoms with Gasteiger partial charge in [-0.3, -0.25) is 4.79 Å². The van der Waals surface area contributed by atoms with Crippen molar-refractivity contribution >= 4 is 17.3 Å². The summed E-state index contributed by atoms with van der Waals surface area (Å²) in [7, 11) is 0. The van der Waals surface area contributed by atoms with Gasteiger partial charge in [0.25, 0.3) is 5.91 Å². The van der Waals surface area contributed by atoms with E-state index in [4.69, 9.17) is 15.9 Å². The van der Waals surface area contributed by atoms with Crippen molar-refractivity contribution in [2.24, 2.45) is 0 Å². The van der Waals surface area contributed by atoms with Crippen LogP contribution in [-0.2, 0) is 6.54 Å². The van der Waals surface area contributed by atoms with E-state index in [1.165, 1.54) is 0 Å². The van der Waals surface area contributed by atoms with E-state index < -0.39 is 0 Å². The minimum absolute atomic E-state index is 0.113. The molecular formula is C14H17N3O2. The Kier molecular flexibility index (Phi) is 3.75. The third-order valence-corrected chi connectivity index (χ3v) is 2.82. The van der Waals surface area contributed by atoms with Gasteiger partial charge in [-0.1, -0.05) is 0 Å². The molecule has 19 heavy (non-hydrogen) atoms. The molecule has 0 unspecified atom stereocenters. The fourth-order valence-corrected chi connectivity index (χ4v) is 1.90. The van der Waals surface area contributed by atoms with E-state index in [9.17, 15) is 4.79 Å². The topological polar surface area (TPSA) is 85.5 Å². The van der Waals surface area contributed by atoms with Crippen LogP contribution in [0.2, 0.25) is 0 Å². The van der Waals surface area contributed by atoms with Crippen molar-refractivity contribution in [2.75, 3.05) is 18.0 Å². The molecule has 0 fully saturated rings. The van der Waals surface area contributed by atoms with Crippen LogP contribution in [0, 0.1) is 0 Å². The van der Waals surface area contributed by atoms with Crippen molar-refractivity contribution in [1.82, 2.24) is 4.90 Å². The Morgan fingerprint density at radius 3 is 2.47 bits per heavy atom. The van der Waals surface area contributed by atoms with Crippen LogP contribution in [0.3, 0.4) is 0 Å². The molecule has 1 amide bonds. The van der Waals surface area contributed by atoms with E-state index in [2.05, 4.69) is 0 Å². The SMILES string of the molecule is CCN(Cc1ccco1)C(=O)c1cc(N)cc(N)c1. The maximum atomic E-state index is 12.4. The molecule has 0 aliphatic carbocycles. The maximum Gasteiger partial charge on any atom is 0.254 e. The van der Waals surface area contributed by atoms with Crippen LogP contribution in [0.1, 0.15) is 23.0 Å². The lowest BCUT2D eigenvalue weighted by atomic mass is 10.1. The van der Waals surface area contributed by atoms with Crippen molar-refractivity contribution in [3.05, 3.63) is 47.9 Å². The van der Waals surface area contributed by atoms with E-state index in [-0.39, 0.29) is 5.91 Å². The lowest BCUT2D eigenvalue weighted by molar-refractivity contribution is 0.0741. The largest absolute Gasteiger partial charge is 0.467 e. The highest BCUT2D eigenvalue weighted by Crippen LogP contribution is 2.17. The summed E-state index contributed by atoms with van der Waals surface area (Å²) in [5, 5.41) is 0. The van der Waals surface area contributed by atoms with E-state index in [0.717, 1.165) is 5.76 Å². The van der Waals surface area contributed by atoms with Crippen LogP contribution in [0.4, 0.5) is 11.4 Å². The second-order valence-electron chi connectivity index (χ2n) is 4.29. The molecule has 1 aromatic carbocycles. The lowest BCUT2D eigenvalue weighted by Gasteiger charge is -2.20. The minimum atomic E-state index is -0.113. The summed E-state index contributed by atoms with van der Waals surface area (Å²) in [6.45, 7) is 2.92. The Morgan fingerprint density at radius 1 is 1.26 bits per heavy atom. The van der Waals surface area contributed by atoms with Gasteiger partial charge in [-0.2, -0.15) is 0 Å². The van der Waals surface area contributed by atoms with Crippen LogP contribution in [0.25, 0.3) is 0 Å². The molecule has 2 rings (SSSR count). The molecule has 2 aromatic rings. The van der Waals surface area contributed by atoms with Crippen molar-refractivity contribution in [2.45, 2.75) is 13.5 Å². The van der Waals surface area contributed by atoms with E-state index in [0.29, 0.717) is 30.0 Å². The minimum Gasteiger partial charge on any atom is -0.467 e. The van der Waals surface area contributed by atoms with Gasteiger partial charge in [0.05, 0.1) is 12.8 Å². The first kappa shape index (κ1) is 13.0. The van der Waals surface area contributed by atoms with Crippen molar-refractivity contribution in [3.63, 3.8) is 0 Å². The number of hydrogen-bond donors (Lipinski definition) is 2. The predicted octanol–water partition coefficient (Wildman–Crippen LogP) is 2.11. The van der Waals surface area contributed by atoms with Crippen LogP contribution < -0.4 is 11.5 Å². The molecular weight excluding hydrogens is 242 g/mol. The molecule has 4 N–H and O–H groups in total. The van der Waals surface area contributed by atoms with Crippen LogP contribution >= 0.6 is 0 Å². The normalized spacial score (nSPS) is 10.4. The molecule has 0 spiro atoms. The summed E-state index contributed by atoms with van der Waals surface area (Å²) >= 11 is 0. The van der Waals surface area contributed by atoms with Gasteiger partial charge in [-0.15, -0.1) is 0 Å². The van der Waals surface area contributed by atoms with Crippen LogP contribution in [0.15, 0.2) is 41.0 Å². The Bertz CT molecular complexity index is 544. The highest BCUT2D eigenvalue weighted by molar-refractivity contribution is 5.96. The molecule has 0 saturated carbocycles. The quantitative estimate of drug-likeness (QED) is 0.823. The highest BCUT2D eigenvalue weighted by Gasteiger charge is 2.16. The zero-order valence-corrected chi connectivity index (χ0v) is 10.8. The summed E-state index contributed by atoms with van der Waals surface area (Å²) in [5.74, 6) is 0.630. The van der Waals surface area contributed by atoms with E-state index >= 15 is 0 Å². The van der Waals surface area contributed by atoms with Crippen LogP contribution in [-0.4, -0.2) is 17.4 Å². The van der Waals surface area contributed by atoms with Gasteiger partial charge in [0, 0.05) is 23.5 Å². The molecule has 0 aliphatic heterocycles. The number of carbonyl (C=O) groups is 1. The number of nitrogen functional groups attached to an aromatic ring is 2. The third kappa shape index (κ3) is 3.07. The second kappa shape index (κ2) is 5.48. The van der Waals surface area contributed by atoms with Gasteiger partial charge in [0.2, 0.25) is 0 Å². The second-order valence-corrected chi connectivity index (χ2v) is 4.29. The molecule has 0 saturated heterocycles. The first-order valence-electron chi connectivity index (χ1n) is 6.08. The molecule has 0 aliphatic rings. The van der Waals surface area contributed by atoms with Gasteiger partial charge < -0.3 is 20.8 Å². The molecule has 5 heteroatoms. The fourth-order valence-electron chi connectivity index (χ4n) is 1.90. The average Bonchev–Trinajstić information content (AvgIpc) is 2.86. The van der Waals surface area contributed by atoms with E-state index in [1.807, 2.05) is 13.0 Å². The molecule has 0 radical (unpaired) electrons. The summed E-state index contributed by atoms with van der Waals surface area (Å²) in [5.41, 5.74) is 12.9. The zero-order chi connectivity index (χ0) is 13.8. The summed E-state index contributed by atoms with van der Waals surface area (Å²) in [6, 6.07) is 8.52. The van der Waals surface area contributed by atoms with Crippen molar-refractivity contribution in [1.29, 1.82) is 0 Å².